The highest BCUT2D eigenvalue weighted by Gasteiger charge is 2.17. The Balaban J connectivity index is 1.62. The second-order valence-electron chi connectivity index (χ2n) is 7.45. The first-order valence-electron chi connectivity index (χ1n) is 10.1. The van der Waals surface area contributed by atoms with Crippen LogP contribution in [0.4, 0.5) is 5.69 Å². The second kappa shape index (κ2) is 10.3. The lowest BCUT2D eigenvalue weighted by Crippen LogP contribution is -2.22. The topological polar surface area (TPSA) is 81.4 Å². The van der Waals surface area contributed by atoms with Gasteiger partial charge in [-0.25, -0.2) is 4.79 Å². The number of nitrogens with one attached hydrogen (secondary N) is 1. The number of nitrogens with zero attached hydrogens (tertiary/aromatic N) is 1. The Morgan fingerprint density at radius 3 is 2.52 bits per heavy atom. The number of amides is 1. The van der Waals surface area contributed by atoms with Gasteiger partial charge in [0, 0.05) is 21.9 Å². The molecule has 0 aliphatic heterocycles. The summed E-state index contributed by atoms with van der Waals surface area (Å²) in [5.41, 5.74) is 4.03. The van der Waals surface area contributed by atoms with Crippen LogP contribution in [0.15, 0.2) is 57.9 Å². The smallest absolute Gasteiger partial charge is 0.339 e. The van der Waals surface area contributed by atoms with Crippen molar-refractivity contribution in [2.75, 3.05) is 11.9 Å². The van der Waals surface area contributed by atoms with Crippen LogP contribution in [0.25, 0.3) is 0 Å². The van der Waals surface area contributed by atoms with Gasteiger partial charge in [0.1, 0.15) is 5.76 Å². The second-order valence-corrected chi connectivity index (χ2v) is 8.47. The fraction of sp³-hybridized carbons (Fsp3) is 0.292. The standard InChI is InChI=1S/C24H26N2O4S/c1-15(2)18-9-5-7-11-21(18)25-23(27)13-29-24(28)19-10-6-8-12-22(19)31-14-20-16(3)26-30-17(20)4/h5-12,15H,13-14H2,1-4H3,(H,25,27). The Morgan fingerprint density at radius 1 is 1.10 bits per heavy atom. The molecule has 3 aromatic rings. The first-order valence-corrected chi connectivity index (χ1v) is 11.0. The molecule has 0 saturated heterocycles. The van der Waals surface area contributed by atoms with E-state index in [1.165, 1.54) is 11.8 Å². The third-order valence-electron chi connectivity index (χ3n) is 4.85. The number of hydrogen-bond donors (Lipinski definition) is 1. The molecule has 0 atom stereocenters. The summed E-state index contributed by atoms with van der Waals surface area (Å²) in [6.07, 6.45) is 0. The molecule has 0 aliphatic carbocycles. The van der Waals surface area contributed by atoms with Crippen molar-refractivity contribution in [1.82, 2.24) is 5.16 Å². The molecule has 0 saturated carbocycles. The normalized spacial score (nSPS) is 10.9. The largest absolute Gasteiger partial charge is 0.452 e. The van der Waals surface area contributed by atoms with Crippen LogP contribution in [0.1, 0.15) is 52.7 Å². The van der Waals surface area contributed by atoms with Crippen LogP contribution in [-0.4, -0.2) is 23.6 Å². The molecule has 162 valence electrons. The van der Waals surface area contributed by atoms with Crippen molar-refractivity contribution in [3.63, 3.8) is 0 Å². The third-order valence-corrected chi connectivity index (χ3v) is 5.95. The summed E-state index contributed by atoms with van der Waals surface area (Å²) in [5, 5.41) is 6.79. The molecule has 0 spiro atoms. The quantitative estimate of drug-likeness (QED) is 0.369. The zero-order chi connectivity index (χ0) is 22.4. The molecule has 0 radical (unpaired) electrons. The number of ether oxygens (including phenoxy) is 1. The van der Waals surface area contributed by atoms with Gasteiger partial charge in [-0.15, -0.1) is 11.8 Å². The molecule has 1 amide bonds. The van der Waals surface area contributed by atoms with Crippen molar-refractivity contribution in [3.8, 4) is 0 Å². The number of anilines is 1. The average molecular weight is 439 g/mol. The molecule has 1 heterocycles. The predicted molar refractivity (Wildman–Crippen MR) is 121 cm³/mol. The number of thioether (sulfide) groups is 1. The first kappa shape index (κ1) is 22.6. The lowest BCUT2D eigenvalue weighted by Gasteiger charge is -2.14. The summed E-state index contributed by atoms with van der Waals surface area (Å²) in [6.45, 7) is 7.52. The molecule has 1 aromatic heterocycles. The number of aryl methyl sites for hydroxylation is 2. The van der Waals surface area contributed by atoms with Crippen LogP contribution in [0.2, 0.25) is 0 Å². The molecule has 0 aliphatic rings. The van der Waals surface area contributed by atoms with Crippen molar-refractivity contribution in [2.24, 2.45) is 0 Å². The highest BCUT2D eigenvalue weighted by molar-refractivity contribution is 7.98. The Kier molecular flexibility index (Phi) is 7.52. The van der Waals surface area contributed by atoms with Gasteiger partial charge in [0.05, 0.1) is 11.3 Å². The van der Waals surface area contributed by atoms with Crippen LogP contribution in [0.5, 0.6) is 0 Å². The van der Waals surface area contributed by atoms with Gasteiger partial charge in [-0.1, -0.05) is 49.3 Å². The number of para-hydroxylation sites is 1. The van der Waals surface area contributed by atoms with E-state index in [0.717, 1.165) is 33.2 Å². The summed E-state index contributed by atoms with van der Waals surface area (Å²) >= 11 is 1.50. The molecule has 0 bridgehead atoms. The van der Waals surface area contributed by atoms with Crippen LogP contribution in [0, 0.1) is 13.8 Å². The molecule has 1 N–H and O–H groups in total. The molecule has 0 unspecified atom stereocenters. The minimum Gasteiger partial charge on any atom is -0.452 e. The van der Waals surface area contributed by atoms with E-state index in [1.54, 1.807) is 12.1 Å². The minimum absolute atomic E-state index is 0.264. The van der Waals surface area contributed by atoms with E-state index in [4.69, 9.17) is 9.26 Å². The van der Waals surface area contributed by atoms with Gasteiger partial charge in [-0.2, -0.15) is 0 Å². The van der Waals surface area contributed by atoms with Gasteiger partial charge in [-0.3, -0.25) is 4.79 Å². The maximum atomic E-state index is 12.6. The van der Waals surface area contributed by atoms with Crippen LogP contribution < -0.4 is 5.32 Å². The van der Waals surface area contributed by atoms with Crippen molar-refractivity contribution >= 4 is 29.3 Å². The summed E-state index contributed by atoms with van der Waals surface area (Å²) in [5.74, 6) is 0.748. The van der Waals surface area contributed by atoms with Gasteiger partial charge in [-0.05, 0) is 43.5 Å². The molecule has 7 heteroatoms. The Labute approximate surface area is 186 Å². The van der Waals surface area contributed by atoms with Crippen molar-refractivity contribution < 1.29 is 18.8 Å². The minimum atomic E-state index is -0.533. The monoisotopic (exact) mass is 438 g/mol. The number of rotatable bonds is 8. The third kappa shape index (κ3) is 5.76. The van der Waals surface area contributed by atoms with Crippen molar-refractivity contribution in [1.29, 1.82) is 0 Å². The first-order chi connectivity index (χ1) is 14.9. The number of aromatic nitrogens is 1. The van der Waals surface area contributed by atoms with Gasteiger partial charge in [0.25, 0.3) is 5.91 Å². The lowest BCUT2D eigenvalue weighted by atomic mass is 10.0. The van der Waals surface area contributed by atoms with Gasteiger partial charge >= 0.3 is 5.97 Å². The van der Waals surface area contributed by atoms with E-state index < -0.39 is 5.97 Å². The molecule has 3 rings (SSSR count). The fourth-order valence-electron chi connectivity index (χ4n) is 3.13. The van der Waals surface area contributed by atoms with Gasteiger partial charge in [0.15, 0.2) is 6.61 Å². The molecule has 2 aromatic carbocycles. The summed E-state index contributed by atoms with van der Waals surface area (Å²) in [7, 11) is 0. The van der Waals surface area contributed by atoms with Gasteiger partial charge in [0.2, 0.25) is 0 Å². The maximum Gasteiger partial charge on any atom is 0.339 e. The highest BCUT2D eigenvalue weighted by atomic mass is 32.2. The summed E-state index contributed by atoms with van der Waals surface area (Å²) in [6, 6.07) is 14.8. The number of carbonyl (C=O) groups excluding carboxylic acids is 2. The Hall–Kier alpha value is -3.06. The van der Waals surface area contributed by atoms with Crippen LogP contribution >= 0.6 is 11.8 Å². The van der Waals surface area contributed by atoms with Crippen LogP contribution in [-0.2, 0) is 15.3 Å². The van der Waals surface area contributed by atoms with E-state index in [9.17, 15) is 9.59 Å². The number of benzene rings is 2. The molecular formula is C24H26N2O4S. The zero-order valence-electron chi connectivity index (χ0n) is 18.1. The number of esters is 1. The summed E-state index contributed by atoms with van der Waals surface area (Å²) < 4.78 is 10.5. The van der Waals surface area contributed by atoms with E-state index in [2.05, 4.69) is 24.3 Å². The van der Waals surface area contributed by atoms with E-state index in [-0.39, 0.29) is 18.4 Å². The molecule has 31 heavy (non-hydrogen) atoms. The number of hydrogen-bond acceptors (Lipinski definition) is 6. The van der Waals surface area contributed by atoms with E-state index in [0.29, 0.717) is 11.3 Å². The van der Waals surface area contributed by atoms with Gasteiger partial charge < -0.3 is 14.6 Å². The average Bonchev–Trinajstić information content (AvgIpc) is 3.08. The predicted octanol–water partition coefficient (Wildman–Crippen LogP) is 5.50. The summed E-state index contributed by atoms with van der Waals surface area (Å²) in [4.78, 5) is 25.8. The lowest BCUT2D eigenvalue weighted by molar-refractivity contribution is -0.119. The van der Waals surface area contributed by atoms with Crippen molar-refractivity contribution in [2.45, 2.75) is 44.3 Å². The Morgan fingerprint density at radius 2 is 1.81 bits per heavy atom. The zero-order valence-corrected chi connectivity index (χ0v) is 18.9. The van der Waals surface area contributed by atoms with Crippen molar-refractivity contribution in [3.05, 3.63) is 76.7 Å². The number of carbonyl (C=O) groups is 2. The maximum absolute atomic E-state index is 12.6. The highest BCUT2D eigenvalue weighted by Crippen LogP contribution is 2.29. The Bertz CT molecular complexity index is 1060. The molecule has 6 nitrogen and oxygen atoms in total. The SMILES string of the molecule is Cc1noc(C)c1CSc1ccccc1C(=O)OCC(=O)Nc1ccccc1C(C)C. The van der Waals surface area contributed by atoms with Crippen LogP contribution in [0.3, 0.4) is 0 Å². The molecule has 0 fully saturated rings. The van der Waals surface area contributed by atoms with E-state index in [1.807, 2.05) is 50.2 Å². The van der Waals surface area contributed by atoms with E-state index >= 15 is 0 Å². The fourth-order valence-corrected chi connectivity index (χ4v) is 4.32. The molecular weight excluding hydrogens is 412 g/mol.